The molecule has 0 N–H and O–H groups in total. The number of nitro groups is 1. The molecule has 2 aliphatic rings. The molecule has 2 aromatic rings. The molecule has 1 saturated heterocycles. The van der Waals surface area contributed by atoms with Crippen molar-refractivity contribution >= 4 is 17.5 Å². The topological polar surface area (TPSA) is 87.0 Å². The van der Waals surface area contributed by atoms with Gasteiger partial charge in [-0.1, -0.05) is 12.1 Å². The Hall–Kier alpha value is -3.33. The Bertz CT molecular complexity index is 1000. The summed E-state index contributed by atoms with van der Waals surface area (Å²) in [5.41, 5.74) is 1.31. The predicted octanol–water partition coefficient (Wildman–Crippen LogP) is 2.93. The van der Waals surface area contributed by atoms with Gasteiger partial charge < -0.3 is 9.80 Å². The highest BCUT2D eigenvalue weighted by atomic mass is 19.1. The predicted molar refractivity (Wildman–Crippen MR) is 120 cm³/mol. The Morgan fingerprint density at radius 1 is 1.00 bits per heavy atom. The van der Waals surface area contributed by atoms with Gasteiger partial charge in [-0.15, -0.1) is 0 Å². The van der Waals surface area contributed by atoms with Crippen molar-refractivity contribution in [2.45, 2.75) is 19.4 Å². The molecule has 4 rings (SSSR count). The van der Waals surface area contributed by atoms with Gasteiger partial charge in [-0.05, 0) is 42.7 Å². The fraction of sp³-hybridized carbons (Fsp3) is 0.417. The van der Waals surface area contributed by atoms with E-state index in [0.717, 1.165) is 18.4 Å². The molecule has 2 amide bonds. The number of non-ortho nitro benzene ring substituents is 1. The number of nitrogens with zero attached hydrogens (tertiary/aromatic N) is 4. The lowest BCUT2D eigenvalue weighted by molar-refractivity contribution is -0.384. The van der Waals surface area contributed by atoms with Gasteiger partial charge in [0, 0.05) is 69.4 Å². The number of amides is 2. The maximum Gasteiger partial charge on any atom is 0.269 e. The minimum atomic E-state index is -0.486. The molecular formula is C24H27FN4O4. The lowest BCUT2D eigenvalue weighted by Gasteiger charge is -2.36. The summed E-state index contributed by atoms with van der Waals surface area (Å²) in [5, 5.41) is 10.8. The molecule has 1 aliphatic carbocycles. The van der Waals surface area contributed by atoms with Crippen LogP contribution in [0.25, 0.3) is 0 Å². The highest BCUT2D eigenvalue weighted by Crippen LogP contribution is 2.31. The van der Waals surface area contributed by atoms with Crippen LogP contribution in [-0.4, -0.2) is 70.7 Å². The van der Waals surface area contributed by atoms with E-state index in [9.17, 15) is 24.1 Å². The molecule has 1 saturated carbocycles. The van der Waals surface area contributed by atoms with Crippen molar-refractivity contribution in [2.24, 2.45) is 5.92 Å². The van der Waals surface area contributed by atoms with E-state index in [1.165, 1.54) is 36.4 Å². The van der Waals surface area contributed by atoms with Gasteiger partial charge in [-0.2, -0.15) is 0 Å². The quantitative estimate of drug-likeness (QED) is 0.452. The van der Waals surface area contributed by atoms with E-state index in [1.54, 1.807) is 17.0 Å². The first-order chi connectivity index (χ1) is 15.9. The normalized spacial score (nSPS) is 16.5. The van der Waals surface area contributed by atoms with Gasteiger partial charge in [0.15, 0.2) is 0 Å². The zero-order valence-corrected chi connectivity index (χ0v) is 18.4. The lowest BCUT2D eigenvalue weighted by atomic mass is 10.1. The van der Waals surface area contributed by atoms with Crippen LogP contribution in [0.5, 0.6) is 0 Å². The molecule has 0 unspecified atom stereocenters. The first kappa shape index (κ1) is 22.8. The molecular weight excluding hydrogens is 427 g/mol. The van der Waals surface area contributed by atoms with Crippen LogP contribution in [0.15, 0.2) is 48.5 Å². The van der Waals surface area contributed by atoms with Gasteiger partial charge in [0.25, 0.3) is 11.6 Å². The first-order valence-electron chi connectivity index (χ1n) is 11.2. The van der Waals surface area contributed by atoms with Crippen LogP contribution in [-0.2, 0) is 11.3 Å². The third-order valence-corrected chi connectivity index (χ3v) is 6.20. The van der Waals surface area contributed by atoms with E-state index >= 15 is 0 Å². The smallest absolute Gasteiger partial charge is 0.269 e. The lowest BCUT2D eigenvalue weighted by Crippen LogP contribution is -2.50. The Morgan fingerprint density at radius 3 is 2.21 bits per heavy atom. The van der Waals surface area contributed by atoms with Gasteiger partial charge in [0.05, 0.1) is 4.92 Å². The molecule has 8 nitrogen and oxygen atoms in total. The maximum atomic E-state index is 13.2. The zero-order valence-electron chi connectivity index (χ0n) is 18.4. The number of hydrogen-bond donors (Lipinski definition) is 0. The molecule has 1 heterocycles. The second-order valence-corrected chi connectivity index (χ2v) is 8.60. The average Bonchev–Trinajstić information content (AvgIpc) is 3.68. The molecule has 0 aromatic heterocycles. The Kier molecular flexibility index (Phi) is 6.98. The van der Waals surface area contributed by atoms with E-state index in [2.05, 4.69) is 4.90 Å². The minimum absolute atomic E-state index is 0.0395. The summed E-state index contributed by atoms with van der Waals surface area (Å²) in [6.45, 7) is 4.27. The summed E-state index contributed by atoms with van der Waals surface area (Å²) < 4.78 is 13.2. The second-order valence-electron chi connectivity index (χ2n) is 8.60. The second kappa shape index (κ2) is 10.1. The molecule has 0 atom stereocenters. The Morgan fingerprint density at radius 2 is 1.64 bits per heavy atom. The van der Waals surface area contributed by atoms with Crippen LogP contribution in [0.1, 0.15) is 28.8 Å². The fourth-order valence-electron chi connectivity index (χ4n) is 4.01. The van der Waals surface area contributed by atoms with E-state index in [1.807, 2.05) is 4.90 Å². The number of rotatable bonds is 8. The number of nitro benzene ring substituents is 1. The fourth-order valence-corrected chi connectivity index (χ4v) is 4.01. The molecule has 174 valence electrons. The Labute approximate surface area is 191 Å². The van der Waals surface area contributed by atoms with E-state index in [4.69, 9.17) is 0 Å². The first-order valence-corrected chi connectivity index (χ1v) is 11.2. The van der Waals surface area contributed by atoms with Crippen molar-refractivity contribution < 1.29 is 18.9 Å². The molecule has 2 aromatic carbocycles. The highest BCUT2D eigenvalue weighted by molar-refractivity contribution is 5.94. The molecule has 33 heavy (non-hydrogen) atoms. The Balaban J connectivity index is 1.28. The van der Waals surface area contributed by atoms with Crippen LogP contribution in [0.2, 0.25) is 0 Å². The number of piperazine rings is 1. The number of halogens is 1. The van der Waals surface area contributed by atoms with Gasteiger partial charge in [0.1, 0.15) is 5.82 Å². The summed E-state index contributed by atoms with van der Waals surface area (Å²) in [5.74, 6) is -0.153. The summed E-state index contributed by atoms with van der Waals surface area (Å²) in [6, 6.07) is 11.9. The SMILES string of the molecule is O=C(c1ccc([N+](=O)[O-])cc1)N1CCN(CCN(Cc2ccc(F)cc2)C(=O)C2CC2)CC1. The van der Waals surface area contributed by atoms with Crippen LogP contribution in [0.3, 0.4) is 0 Å². The van der Waals surface area contributed by atoms with Gasteiger partial charge in [-0.25, -0.2) is 4.39 Å². The van der Waals surface area contributed by atoms with Crippen molar-refractivity contribution in [2.75, 3.05) is 39.3 Å². The minimum Gasteiger partial charge on any atom is -0.337 e. The van der Waals surface area contributed by atoms with E-state index in [-0.39, 0.29) is 29.2 Å². The largest absolute Gasteiger partial charge is 0.337 e. The molecule has 0 radical (unpaired) electrons. The van der Waals surface area contributed by atoms with Gasteiger partial charge in [-0.3, -0.25) is 24.6 Å². The molecule has 0 spiro atoms. The third kappa shape index (κ3) is 5.92. The zero-order chi connectivity index (χ0) is 23.4. The summed E-state index contributed by atoms with van der Waals surface area (Å²) in [6.07, 6.45) is 1.87. The monoisotopic (exact) mass is 454 g/mol. The number of benzene rings is 2. The number of carbonyl (C=O) groups is 2. The molecule has 9 heteroatoms. The number of carbonyl (C=O) groups excluding carboxylic acids is 2. The average molecular weight is 455 g/mol. The van der Waals surface area contributed by atoms with Crippen LogP contribution >= 0.6 is 0 Å². The van der Waals surface area contributed by atoms with Crippen molar-refractivity contribution in [3.63, 3.8) is 0 Å². The highest BCUT2D eigenvalue weighted by Gasteiger charge is 2.33. The maximum absolute atomic E-state index is 13.2. The van der Waals surface area contributed by atoms with Gasteiger partial charge >= 0.3 is 0 Å². The van der Waals surface area contributed by atoms with Crippen LogP contribution in [0, 0.1) is 21.8 Å². The molecule has 2 fully saturated rings. The standard InChI is InChI=1S/C24H27FN4O4/c25-21-7-1-18(2-8-21)17-28(24(31)19-3-4-19)16-13-26-11-14-27(15-12-26)23(30)20-5-9-22(10-6-20)29(32)33/h1-2,5-10,19H,3-4,11-17H2. The van der Waals surface area contributed by atoms with E-state index in [0.29, 0.717) is 51.4 Å². The van der Waals surface area contributed by atoms with Crippen LogP contribution < -0.4 is 0 Å². The van der Waals surface area contributed by atoms with Crippen molar-refractivity contribution in [3.8, 4) is 0 Å². The molecule has 0 bridgehead atoms. The number of hydrogen-bond acceptors (Lipinski definition) is 5. The van der Waals surface area contributed by atoms with E-state index < -0.39 is 4.92 Å². The van der Waals surface area contributed by atoms with Crippen molar-refractivity contribution in [1.29, 1.82) is 0 Å². The summed E-state index contributed by atoms with van der Waals surface area (Å²) in [7, 11) is 0. The summed E-state index contributed by atoms with van der Waals surface area (Å²) in [4.78, 5) is 41.6. The summed E-state index contributed by atoms with van der Waals surface area (Å²) >= 11 is 0. The van der Waals surface area contributed by atoms with Crippen LogP contribution in [0.4, 0.5) is 10.1 Å². The van der Waals surface area contributed by atoms with Crippen molar-refractivity contribution in [3.05, 3.63) is 75.6 Å². The molecule has 1 aliphatic heterocycles. The third-order valence-electron chi connectivity index (χ3n) is 6.20. The van der Waals surface area contributed by atoms with Crippen molar-refractivity contribution in [1.82, 2.24) is 14.7 Å². The van der Waals surface area contributed by atoms with Gasteiger partial charge in [0.2, 0.25) is 5.91 Å².